The number of ether oxygens (including phenoxy) is 3. The van der Waals surface area contributed by atoms with E-state index in [9.17, 15) is 35.1 Å². The van der Waals surface area contributed by atoms with Crippen LogP contribution < -0.4 is 5.32 Å². The standard InChI is InChI=1S/C71H131NO10/c1-3-5-7-9-11-13-38-43-47-51-55-59-67(76)80-60-56-52-48-44-40-37-35-33-31-29-27-25-23-21-19-17-15-16-18-20-22-24-26-28-30-32-34-36-39-42-46-50-54-58-66(75)72-63(62-81-71-70(79)69(78)68(77)65(61-73)82-71)64(74)57-53-49-45-41-14-12-10-8-6-4-2/h14,19,21,25,27,41,53,57,63-65,68-71,73-74,77-79H,3-13,15-18,20,22-24,26,28-40,42-52,54-56,58-62H2,1-2H3,(H,72,75)/b21-19-,27-25-,41-14+,57-53+. The van der Waals surface area contributed by atoms with E-state index in [0.717, 1.165) is 64.2 Å². The number of rotatable bonds is 61. The van der Waals surface area contributed by atoms with Gasteiger partial charge < -0.3 is 45.1 Å². The number of hydrogen-bond acceptors (Lipinski definition) is 10. The number of allylic oxidation sites excluding steroid dienone is 7. The molecular formula is C71H131NO10. The third kappa shape index (κ3) is 48.8. The maximum atomic E-state index is 13.0. The van der Waals surface area contributed by atoms with Gasteiger partial charge >= 0.3 is 5.97 Å². The molecule has 1 aliphatic rings. The van der Waals surface area contributed by atoms with E-state index in [4.69, 9.17) is 14.2 Å². The van der Waals surface area contributed by atoms with Crippen molar-refractivity contribution in [3.05, 3.63) is 48.6 Å². The van der Waals surface area contributed by atoms with E-state index in [1.807, 2.05) is 6.08 Å². The average Bonchev–Trinajstić information content (AvgIpc) is 3.56. The van der Waals surface area contributed by atoms with Crippen LogP contribution in [0.1, 0.15) is 328 Å². The maximum absolute atomic E-state index is 13.0. The molecule has 1 saturated heterocycles. The van der Waals surface area contributed by atoms with Gasteiger partial charge in [0.25, 0.3) is 0 Å². The summed E-state index contributed by atoms with van der Waals surface area (Å²) in [5.74, 6) is -0.185. The zero-order chi connectivity index (χ0) is 59.5. The van der Waals surface area contributed by atoms with E-state index in [1.54, 1.807) is 6.08 Å². The van der Waals surface area contributed by atoms with Gasteiger partial charge in [-0.15, -0.1) is 0 Å². The first-order chi connectivity index (χ1) is 40.2. The first-order valence-corrected chi connectivity index (χ1v) is 34.9. The zero-order valence-electron chi connectivity index (χ0n) is 53.2. The Labute approximate surface area is 504 Å². The molecule has 1 amide bonds. The Morgan fingerprint density at radius 2 is 0.829 bits per heavy atom. The van der Waals surface area contributed by atoms with Gasteiger partial charge in [-0.3, -0.25) is 9.59 Å². The SMILES string of the molecule is CCCCCC/C=C/CC/C=C/C(O)C(COC1OC(CO)C(O)C(O)C1O)NC(=O)CCCCCCCCCCCCCCCCCCC/C=C\C/C=C\CCCCCCCCCCCOC(=O)CCCCCCCCCCCCC. The molecule has 0 aromatic rings. The van der Waals surface area contributed by atoms with E-state index >= 15 is 0 Å². The summed E-state index contributed by atoms with van der Waals surface area (Å²) in [6.07, 6.45) is 68.4. The fourth-order valence-corrected chi connectivity index (χ4v) is 10.9. The van der Waals surface area contributed by atoms with Crippen LogP contribution in [0.4, 0.5) is 0 Å². The Hall–Kier alpha value is -2.38. The summed E-state index contributed by atoms with van der Waals surface area (Å²) in [7, 11) is 0. The monoisotopic (exact) mass is 1160 g/mol. The van der Waals surface area contributed by atoms with Crippen LogP contribution in [0.25, 0.3) is 0 Å². The number of nitrogens with one attached hydrogen (secondary N) is 1. The minimum Gasteiger partial charge on any atom is -0.466 e. The predicted octanol–water partition coefficient (Wildman–Crippen LogP) is 17.6. The van der Waals surface area contributed by atoms with E-state index in [-0.39, 0.29) is 18.5 Å². The molecule has 1 aliphatic heterocycles. The number of esters is 1. The minimum absolute atomic E-state index is 0.00630. The van der Waals surface area contributed by atoms with Gasteiger partial charge in [0.1, 0.15) is 24.4 Å². The van der Waals surface area contributed by atoms with Crippen molar-refractivity contribution >= 4 is 11.9 Å². The predicted molar refractivity (Wildman–Crippen MR) is 343 cm³/mol. The molecule has 1 heterocycles. The highest BCUT2D eigenvalue weighted by atomic mass is 16.7. The summed E-state index contributed by atoms with van der Waals surface area (Å²) in [5.41, 5.74) is 0. The molecule has 7 unspecified atom stereocenters. The van der Waals surface area contributed by atoms with Gasteiger partial charge in [-0.2, -0.15) is 0 Å². The molecule has 11 heteroatoms. The van der Waals surface area contributed by atoms with Crippen molar-refractivity contribution < 1.29 is 49.3 Å². The number of aliphatic hydroxyl groups is 5. The van der Waals surface area contributed by atoms with Crippen LogP contribution in [0.2, 0.25) is 0 Å². The summed E-state index contributed by atoms with van der Waals surface area (Å²) >= 11 is 0. The van der Waals surface area contributed by atoms with Crippen LogP contribution in [0, 0.1) is 0 Å². The molecular weight excluding hydrogens is 1030 g/mol. The summed E-state index contributed by atoms with van der Waals surface area (Å²) in [5, 5.41) is 54.3. The lowest BCUT2D eigenvalue weighted by Gasteiger charge is -2.40. The molecule has 11 nitrogen and oxygen atoms in total. The number of hydrogen-bond donors (Lipinski definition) is 6. The molecule has 7 atom stereocenters. The third-order valence-corrected chi connectivity index (χ3v) is 16.4. The largest absolute Gasteiger partial charge is 0.466 e. The molecule has 6 N–H and O–H groups in total. The molecule has 0 aromatic heterocycles. The van der Waals surface area contributed by atoms with Crippen LogP contribution in [0.3, 0.4) is 0 Å². The summed E-state index contributed by atoms with van der Waals surface area (Å²) in [4.78, 5) is 25.0. The average molecular weight is 1160 g/mol. The molecule has 0 spiro atoms. The number of aliphatic hydroxyl groups excluding tert-OH is 5. The first-order valence-electron chi connectivity index (χ1n) is 34.9. The van der Waals surface area contributed by atoms with Crippen molar-refractivity contribution in [1.29, 1.82) is 0 Å². The van der Waals surface area contributed by atoms with E-state index in [1.165, 1.54) is 238 Å². The second-order valence-electron chi connectivity index (χ2n) is 24.2. The number of carbonyl (C=O) groups is 2. The number of unbranched alkanes of at least 4 members (excludes halogenated alkanes) is 41. The van der Waals surface area contributed by atoms with Crippen LogP contribution >= 0.6 is 0 Å². The highest BCUT2D eigenvalue weighted by Crippen LogP contribution is 2.23. The lowest BCUT2D eigenvalue weighted by atomic mass is 9.99. The normalized spacial score (nSPS) is 18.5. The number of carbonyl (C=O) groups excluding carboxylic acids is 2. The van der Waals surface area contributed by atoms with Crippen LogP contribution in [0.5, 0.6) is 0 Å². The van der Waals surface area contributed by atoms with Crippen LogP contribution in [-0.2, 0) is 23.8 Å². The minimum atomic E-state index is -1.58. The van der Waals surface area contributed by atoms with Gasteiger partial charge in [-0.1, -0.05) is 287 Å². The van der Waals surface area contributed by atoms with E-state index < -0.39 is 49.5 Å². The maximum Gasteiger partial charge on any atom is 0.305 e. The van der Waals surface area contributed by atoms with Crippen molar-refractivity contribution in [2.45, 2.75) is 371 Å². The van der Waals surface area contributed by atoms with Gasteiger partial charge in [0.2, 0.25) is 5.91 Å². The lowest BCUT2D eigenvalue weighted by Crippen LogP contribution is -2.60. The molecule has 480 valence electrons. The van der Waals surface area contributed by atoms with Gasteiger partial charge in [0.15, 0.2) is 6.29 Å². The molecule has 0 bridgehead atoms. The molecule has 0 aliphatic carbocycles. The Balaban J connectivity index is 1.94. The summed E-state index contributed by atoms with van der Waals surface area (Å²) < 4.78 is 16.7. The van der Waals surface area contributed by atoms with Gasteiger partial charge in [-0.05, 0) is 77.0 Å². The van der Waals surface area contributed by atoms with Crippen LogP contribution in [-0.4, -0.2) is 100 Å². The fourth-order valence-electron chi connectivity index (χ4n) is 10.9. The highest BCUT2D eigenvalue weighted by Gasteiger charge is 2.44. The fraction of sp³-hybridized carbons (Fsp3) is 0.859. The molecule has 0 saturated carbocycles. The van der Waals surface area contributed by atoms with Gasteiger partial charge in [0, 0.05) is 12.8 Å². The van der Waals surface area contributed by atoms with E-state index in [0.29, 0.717) is 19.4 Å². The number of amides is 1. The van der Waals surface area contributed by atoms with Crippen molar-refractivity contribution in [2.24, 2.45) is 0 Å². The molecule has 1 fully saturated rings. The third-order valence-electron chi connectivity index (χ3n) is 16.4. The Kier molecular flexibility index (Phi) is 57.1. The topological polar surface area (TPSA) is 175 Å². The highest BCUT2D eigenvalue weighted by molar-refractivity contribution is 5.76. The second-order valence-corrected chi connectivity index (χ2v) is 24.2. The van der Waals surface area contributed by atoms with Gasteiger partial charge in [0.05, 0.1) is 32.0 Å². The summed E-state index contributed by atoms with van der Waals surface area (Å²) in [6.45, 7) is 4.31. The van der Waals surface area contributed by atoms with Crippen LogP contribution in [0.15, 0.2) is 48.6 Å². The molecule has 0 aromatic carbocycles. The zero-order valence-corrected chi connectivity index (χ0v) is 53.2. The Morgan fingerprint density at radius 1 is 0.451 bits per heavy atom. The van der Waals surface area contributed by atoms with Crippen molar-refractivity contribution in [3.63, 3.8) is 0 Å². The molecule has 1 rings (SSSR count). The quantitative estimate of drug-likeness (QED) is 0.0195. The molecule has 82 heavy (non-hydrogen) atoms. The Morgan fingerprint density at radius 3 is 1.29 bits per heavy atom. The Bertz CT molecular complexity index is 1500. The lowest BCUT2D eigenvalue weighted by molar-refractivity contribution is -0.302. The van der Waals surface area contributed by atoms with E-state index in [2.05, 4.69) is 55.6 Å². The van der Waals surface area contributed by atoms with Crippen molar-refractivity contribution in [3.8, 4) is 0 Å². The van der Waals surface area contributed by atoms with Gasteiger partial charge in [-0.25, -0.2) is 0 Å². The van der Waals surface area contributed by atoms with Crippen molar-refractivity contribution in [2.75, 3.05) is 19.8 Å². The molecule has 0 radical (unpaired) electrons. The van der Waals surface area contributed by atoms with Crippen molar-refractivity contribution in [1.82, 2.24) is 5.32 Å². The second kappa shape index (κ2) is 60.3. The summed E-state index contributed by atoms with van der Waals surface area (Å²) in [6, 6.07) is -0.825. The first kappa shape index (κ1) is 77.6. The smallest absolute Gasteiger partial charge is 0.305 e.